The average Bonchev–Trinajstić information content (AvgIpc) is 3.24. The van der Waals surface area contributed by atoms with Crippen molar-refractivity contribution >= 4 is 33.4 Å². The predicted octanol–water partition coefficient (Wildman–Crippen LogP) is 3.87. The van der Waals surface area contributed by atoms with Crippen LogP contribution in [0.25, 0.3) is 0 Å². The number of ether oxygens (including phenoxy) is 1. The minimum atomic E-state index is -3.96. The molecule has 3 rings (SSSR count). The van der Waals surface area contributed by atoms with Gasteiger partial charge in [0.05, 0.1) is 21.2 Å². The van der Waals surface area contributed by atoms with Gasteiger partial charge in [-0.05, 0) is 44.9 Å². The fourth-order valence-corrected chi connectivity index (χ4v) is 5.94. The molecule has 0 aromatic heterocycles. The van der Waals surface area contributed by atoms with Gasteiger partial charge in [-0.1, -0.05) is 54.1 Å². The first kappa shape index (κ1) is 25.5. The van der Waals surface area contributed by atoms with E-state index in [1.54, 1.807) is 63.2 Å². The normalized spacial score (nSPS) is 19.2. The summed E-state index contributed by atoms with van der Waals surface area (Å²) in [5, 5.41) is 11.2. The second kappa shape index (κ2) is 10.0. The molecule has 1 aliphatic rings. The molecule has 34 heavy (non-hydrogen) atoms. The highest BCUT2D eigenvalue weighted by atomic mass is 35.5. The van der Waals surface area contributed by atoms with Crippen LogP contribution in [-0.4, -0.2) is 48.8 Å². The molecule has 3 unspecified atom stereocenters. The number of nitrogens with zero attached hydrogens (tertiary/aromatic N) is 2. The predicted molar refractivity (Wildman–Crippen MR) is 127 cm³/mol. The summed E-state index contributed by atoms with van der Waals surface area (Å²) in [6.45, 7) is 4.78. The average molecular weight is 504 g/mol. The molecular weight excluding hydrogens is 478 g/mol. The van der Waals surface area contributed by atoms with E-state index in [4.69, 9.17) is 16.3 Å². The second-order valence-electron chi connectivity index (χ2n) is 8.96. The fourth-order valence-electron chi connectivity index (χ4n) is 3.72. The summed E-state index contributed by atoms with van der Waals surface area (Å²) in [6, 6.07) is 14.6. The SMILES string of the molecule is CC(C)(C)OC(=O)N1CC(S(=O)(=O)c2ccccc2Cl)CC1C(=O)NC(C#N)c1ccccc1. The van der Waals surface area contributed by atoms with Gasteiger partial charge in [0.15, 0.2) is 9.84 Å². The largest absolute Gasteiger partial charge is 0.444 e. The zero-order chi connectivity index (χ0) is 25.1. The highest BCUT2D eigenvalue weighted by Crippen LogP contribution is 2.32. The van der Waals surface area contributed by atoms with Crippen LogP contribution >= 0.6 is 11.6 Å². The highest BCUT2D eigenvalue weighted by Gasteiger charge is 2.47. The summed E-state index contributed by atoms with van der Waals surface area (Å²) in [7, 11) is -3.96. The van der Waals surface area contributed by atoms with Gasteiger partial charge >= 0.3 is 6.09 Å². The maximum atomic E-state index is 13.3. The van der Waals surface area contributed by atoms with Gasteiger partial charge < -0.3 is 10.1 Å². The summed E-state index contributed by atoms with van der Waals surface area (Å²) in [4.78, 5) is 27.2. The number of rotatable bonds is 5. The van der Waals surface area contributed by atoms with E-state index in [9.17, 15) is 23.3 Å². The van der Waals surface area contributed by atoms with Crippen LogP contribution in [0.5, 0.6) is 0 Å². The third-order valence-electron chi connectivity index (χ3n) is 5.32. The first-order valence-corrected chi connectivity index (χ1v) is 12.6. The molecular formula is C24H26ClN3O5S. The molecule has 1 aliphatic heterocycles. The number of hydrogen-bond donors (Lipinski definition) is 1. The number of hydrogen-bond acceptors (Lipinski definition) is 6. The lowest BCUT2D eigenvalue weighted by molar-refractivity contribution is -0.125. The maximum Gasteiger partial charge on any atom is 0.411 e. The van der Waals surface area contributed by atoms with Crippen LogP contribution in [0.2, 0.25) is 5.02 Å². The zero-order valence-electron chi connectivity index (χ0n) is 19.1. The first-order valence-electron chi connectivity index (χ1n) is 10.7. The molecule has 0 spiro atoms. The summed E-state index contributed by atoms with van der Waals surface area (Å²) in [5.74, 6) is -0.641. The summed E-state index contributed by atoms with van der Waals surface area (Å²) < 4.78 is 32.1. The van der Waals surface area contributed by atoms with E-state index >= 15 is 0 Å². The molecule has 1 fully saturated rings. The van der Waals surface area contributed by atoms with E-state index in [-0.39, 0.29) is 22.9 Å². The van der Waals surface area contributed by atoms with E-state index < -0.39 is 44.8 Å². The molecule has 2 aromatic carbocycles. The number of carbonyl (C=O) groups excluding carboxylic acids is 2. The molecule has 0 saturated carbocycles. The first-order chi connectivity index (χ1) is 15.9. The molecule has 3 atom stereocenters. The van der Waals surface area contributed by atoms with Gasteiger partial charge in [-0.25, -0.2) is 13.2 Å². The summed E-state index contributed by atoms with van der Waals surface area (Å²) in [6.07, 6.45) is -0.969. The van der Waals surface area contributed by atoms with Crippen LogP contribution in [0.4, 0.5) is 4.79 Å². The number of amides is 2. The smallest absolute Gasteiger partial charge is 0.411 e. The maximum absolute atomic E-state index is 13.3. The number of nitrogens with one attached hydrogen (secondary N) is 1. The Morgan fingerprint density at radius 1 is 1.15 bits per heavy atom. The van der Waals surface area contributed by atoms with Gasteiger partial charge in [0.25, 0.3) is 0 Å². The third kappa shape index (κ3) is 5.69. The zero-order valence-corrected chi connectivity index (χ0v) is 20.6. The lowest BCUT2D eigenvalue weighted by Crippen LogP contribution is -2.48. The number of sulfone groups is 1. The van der Waals surface area contributed by atoms with E-state index in [2.05, 4.69) is 5.32 Å². The standard InChI is InChI=1S/C24H26ClN3O5S/c1-24(2,3)33-23(30)28-15-17(34(31,32)21-12-8-7-11-18(21)25)13-20(28)22(29)27-19(14-26)16-9-5-4-6-10-16/h4-12,17,19-20H,13,15H2,1-3H3,(H,27,29). The number of halogens is 1. The number of carbonyl (C=O) groups is 2. The monoisotopic (exact) mass is 503 g/mol. The van der Waals surface area contributed by atoms with Crippen molar-refractivity contribution in [1.29, 1.82) is 5.26 Å². The van der Waals surface area contributed by atoms with Gasteiger partial charge in [-0.2, -0.15) is 5.26 Å². The van der Waals surface area contributed by atoms with E-state index in [0.29, 0.717) is 5.56 Å². The van der Waals surface area contributed by atoms with Gasteiger partial charge in [0, 0.05) is 6.54 Å². The van der Waals surface area contributed by atoms with E-state index in [1.165, 1.54) is 12.1 Å². The molecule has 0 bridgehead atoms. The molecule has 2 aromatic rings. The molecule has 1 saturated heterocycles. The molecule has 1 heterocycles. The molecule has 1 N–H and O–H groups in total. The van der Waals surface area contributed by atoms with Crippen molar-refractivity contribution in [2.45, 2.75) is 55.0 Å². The van der Waals surface area contributed by atoms with Gasteiger partial charge in [-0.15, -0.1) is 0 Å². The van der Waals surface area contributed by atoms with Crippen LogP contribution in [0.3, 0.4) is 0 Å². The Morgan fingerprint density at radius 3 is 2.35 bits per heavy atom. The fraction of sp³-hybridized carbons (Fsp3) is 0.375. The minimum absolute atomic E-state index is 0.0628. The minimum Gasteiger partial charge on any atom is -0.444 e. The van der Waals surface area contributed by atoms with Gasteiger partial charge in [0.1, 0.15) is 17.7 Å². The lowest BCUT2D eigenvalue weighted by Gasteiger charge is -2.28. The van der Waals surface area contributed by atoms with Crippen molar-refractivity contribution in [3.05, 3.63) is 65.2 Å². The van der Waals surface area contributed by atoms with Crippen molar-refractivity contribution < 1.29 is 22.7 Å². The quantitative estimate of drug-likeness (QED) is 0.661. The highest BCUT2D eigenvalue weighted by molar-refractivity contribution is 7.92. The van der Waals surface area contributed by atoms with Crippen molar-refractivity contribution in [2.24, 2.45) is 0 Å². The molecule has 8 nitrogen and oxygen atoms in total. The molecule has 0 radical (unpaired) electrons. The summed E-state index contributed by atoms with van der Waals surface area (Å²) in [5.41, 5.74) is -0.280. The Bertz CT molecular complexity index is 1210. The Morgan fingerprint density at radius 2 is 1.76 bits per heavy atom. The van der Waals surface area contributed by atoms with Crippen LogP contribution in [0.1, 0.15) is 38.8 Å². The number of benzene rings is 2. The Hall–Kier alpha value is -3.09. The lowest BCUT2D eigenvalue weighted by atomic mass is 10.1. The second-order valence-corrected chi connectivity index (χ2v) is 11.6. The van der Waals surface area contributed by atoms with Crippen molar-refractivity contribution in [3.8, 4) is 6.07 Å². The molecule has 0 aliphatic carbocycles. The summed E-state index contributed by atoms with van der Waals surface area (Å²) >= 11 is 6.13. The Labute approximate surface area is 204 Å². The third-order valence-corrected chi connectivity index (χ3v) is 7.95. The Kier molecular flexibility index (Phi) is 7.54. The van der Waals surface area contributed by atoms with E-state index in [0.717, 1.165) is 4.90 Å². The van der Waals surface area contributed by atoms with Crippen LogP contribution in [0.15, 0.2) is 59.5 Å². The van der Waals surface area contributed by atoms with Gasteiger partial charge in [-0.3, -0.25) is 9.69 Å². The van der Waals surface area contributed by atoms with E-state index in [1.807, 2.05) is 6.07 Å². The Balaban J connectivity index is 1.91. The number of nitriles is 1. The van der Waals surface area contributed by atoms with Crippen LogP contribution in [-0.2, 0) is 19.4 Å². The van der Waals surface area contributed by atoms with Crippen LogP contribution in [0, 0.1) is 11.3 Å². The van der Waals surface area contributed by atoms with Crippen molar-refractivity contribution in [1.82, 2.24) is 10.2 Å². The van der Waals surface area contributed by atoms with Crippen molar-refractivity contribution in [2.75, 3.05) is 6.54 Å². The molecule has 10 heteroatoms. The molecule has 2 amide bonds. The topological polar surface area (TPSA) is 117 Å². The van der Waals surface area contributed by atoms with Crippen LogP contribution < -0.4 is 5.32 Å². The van der Waals surface area contributed by atoms with Crippen molar-refractivity contribution in [3.63, 3.8) is 0 Å². The van der Waals surface area contributed by atoms with Gasteiger partial charge in [0.2, 0.25) is 5.91 Å². The molecule has 180 valence electrons. The number of likely N-dealkylation sites (tertiary alicyclic amines) is 1.